The average molecular weight is 376 g/mol. The number of pyridine rings is 1. The van der Waals surface area contributed by atoms with Gasteiger partial charge in [0.05, 0.1) is 5.69 Å². The van der Waals surface area contributed by atoms with Crippen molar-refractivity contribution in [2.75, 3.05) is 0 Å². The topological polar surface area (TPSA) is 79.8 Å². The van der Waals surface area contributed by atoms with E-state index in [9.17, 15) is 9.59 Å². The summed E-state index contributed by atoms with van der Waals surface area (Å²) in [6.45, 7) is 2.53. The Labute approximate surface area is 163 Å². The smallest absolute Gasteiger partial charge is 0.274 e. The van der Waals surface area contributed by atoms with E-state index in [1.807, 2.05) is 43.3 Å². The first-order chi connectivity index (χ1) is 13.6. The molecule has 4 rings (SSSR count). The number of nitrogens with one attached hydrogen (secondary N) is 2. The molecular weight excluding hydrogens is 352 g/mol. The number of rotatable bonds is 4. The molecule has 28 heavy (non-hydrogen) atoms. The fourth-order valence-corrected chi connectivity index (χ4v) is 3.74. The van der Waals surface area contributed by atoms with Crippen LogP contribution in [0.3, 0.4) is 0 Å². The number of carbonyl (C=O) groups excluding carboxylic acids is 1. The van der Waals surface area contributed by atoms with Gasteiger partial charge in [-0.1, -0.05) is 17.7 Å². The third-order valence-corrected chi connectivity index (χ3v) is 5.44. The number of aromatic amines is 1. The maximum absolute atomic E-state index is 12.9. The Balaban J connectivity index is 1.44. The number of nitrogens with zero attached hydrogens (tertiary/aromatic N) is 2. The molecule has 6 nitrogen and oxygen atoms in total. The SMILES string of the molecule is Cc1ccc(-n2[nH]c3c(c2=O)CCC(C(=O)NCc2ccncc2)CC3)cc1. The van der Waals surface area contributed by atoms with Crippen molar-refractivity contribution in [1.29, 1.82) is 0 Å². The molecule has 1 aromatic carbocycles. The summed E-state index contributed by atoms with van der Waals surface area (Å²) in [7, 11) is 0. The first kappa shape index (κ1) is 18.2. The zero-order valence-electron chi connectivity index (χ0n) is 15.9. The van der Waals surface area contributed by atoms with E-state index in [1.165, 1.54) is 0 Å². The Morgan fingerprint density at radius 3 is 2.61 bits per heavy atom. The lowest BCUT2D eigenvalue weighted by molar-refractivity contribution is -0.125. The standard InChI is InChI=1S/C22H24N4O2/c1-15-2-6-18(7-3-15)26-22(28)19-8-4-17(5-9-20(19)25-26)21(27)24-14-16-10-12-23-13-11-16/h2-3,6-7,10-13,17,25H,4-5,8-9,14H2,1H3,(H,24,27). The van der Waals surface area contributed by atoms with E-state index in [0.717, 1.165) is 34.5 Å². The average Bonchev–Trinajstić information content (AvgIpc) is 2.89. The maximum Gasteiger partial charge on any atom is 0.274 e. The third kappa shape index (κ3) is 3.76. The monoisotopic (exact) mass is 376 g/mol. The Bertz CT molecular complexity index is 1020. The molecule has 1 unspecified atom stereocenters. The van der Waals surface area contributed by atoms with Crippen molar-refractivity contribution < 1.29 is 4.79 Å². The predicted octanol–water partition coefficient (Wildman–Crippen LogP) is 2.68. The van der Waals surface area contributed by atoms with Gasteiger partial charge in [-0.2, -0.15) is 0 Å². The van der Waals surface area contributed by atoms with E-state index >= 15 is 0 Å². The van der Waals surface area contributed by atoms with E-state index in [1.54, 1.807) is 17.1 Å². The number of amides is 1. The van der Waals surface area contributed by atoms with E-state index in [-0.39, 0.29) is 17.4 Å². The molecule has 1 atom stereocenters. The number of carbonyl (C=O) groups is 1. The van der Waals surface area contributed by atoms with Crippen LogP contribution in [0.2, 0.25) is 0 Å². The first-order valence-electron chi connectivity index (χ1n) is 9.68. The van der Waals surface area contributed by atoms with Crippen molar-refractivity contribution in [2.24, 2.45) is 5.92 Å². The molecule has 0 fully saturated rings. The van der Waals surface area contributed by atoms with Crippen LogP contribution in [0.1, 0.15) is 35.2 Å². The predicted molar refractivity (Wildman–Crippen MR) is 107 cm³/mol. The van der Waals surface area contributed by atoms with Crippen LogP contribution < -0.4 is 10.9 Å². The molecule has 1 amide bonds. The van der Waals surface area contributed by atoms with Crippen molar-refractivity contribution in [3.05, 3.63) is 81.5 Å². The highest BCUT2D eigenvalue weighted by atomic mass is 16.2. The van der Waals surface area contributed by atoms with Crippen molar-refractivity contribution in [2.45, 2.75) is 39.2 Å². The van der Waals surface area contributed by atoms with Crippen LogP contribution >= 0.6 is 0 Å². The van der Waals surface area contributed by atoms with Crippen molar-refractivity contribution in [1.82, 2.24) is 20.1 Å². The van der Waals surface area contributed by atoms with Crippen LogP contribution in [0.4, 0.5) is 0 Å². The normalized spacial score (nSPS) is 16.2. The number of H-pyrrole nitrogens is 1. The maximum atomic E-state index is 12.9. The highest BCUT2D eigenvalue weighted by molar-refractivity contribution is 5.78. The summed E-state index contributed by atoms with van der Waals surface area (Å²) in [6.07, 6.45) is 6.20. The van der Waals surface area contributed by atoms with Gasteiger partial charge < -0.3 is 5.32 Å². The molecule has 0 spiro atoms. The number of benzene rings is 1. The molecule has 0 saturated carbocycles. The quantitative estimate of drug-likeness (QED) is 0.687. The van der Waals surface area contributed by atoms with Crippen molar-refractivity contribution in [3.63, 3.8) is 0 Å². The largest absolute Gasteiger partial charge is 0.352 e. The summed E-state index contributed by atoms with van der Waals surface area (Å²) in [5, 5.41) is 6.27. The minimum atomic E-state index is -0.0742. The highest BCUT2D eigenvalue weighted by Crippen LogP contribution is 2.23. The van der Waals surface area contributed by atoms with E-state index in [4.69, 9.17) is 0 Å². The van der Waals surface area contributed by atoms with Crippen molar-refractivity contribution in [3.8, 4) is 5.69 Å². The second kappa shape index (κ2) is 7.84. The van der Waals surface area contributed by atoms with Gasteiger partial charge in [0.2, 0.25) is 5.91 Å². The molecule has 6 heteroatoms. The van der Waals surface area contributed by atoms with Gasteiger partial charge in [-0.3, -0.25) is 19.7 Å². The van der Waals surface area contributed by atoms with E-state index in [0.29, 0.717) is 25.8 Å². The first-order valence-corrected chi connectivity index (χ1v) is 9.68. The molecule has 0 aliphatic heterocycles. The lowest BCUT2D eigenvalue weighted by Crippen LogP contribution is -2.30. The van der Waals surface area contributed by atoms with Gasteiger partial charge in [-0.25, -0.2) is 4.68 Å². The zero-order valence-corrected chi connectivity index (χ0v) is 15.9. The summed E-state index contributed by atoms with van der Waals surface area (Å²) < 4.78 is 1.62. The zero-order chi connectivity index (χ0) is 19.5. The molecule has 3 aromatic rings. The summed E-state index contributed by atoms with van der Waals surface area (Å²) in [4.78, 5) is 29.4. The van der Waals surface area contributed by atoms with Crippen LogP contribution in [0.25, 0.3) is 5.69 Å². The Morgan fingerprint density at radius 2 is 1.86 bits per heavy atom. The van der Waals surface area contributed by atoms with Gasteiger partial charge in [0.15, 0.2) is 0 Å². The minimum absolute atomic E-state index is 0.00306. The molecule has 2 N–H and O–H groups in total. The van der Waals surface area contributed by atoms with E-state index < -0.39 is 0 Å². The number of aryl methyl sites for hydroxylation is 2. The summed E-state index contributed by atoms with van der Waals surface area (Å²) in [5.74, 6) is -0.0179. The number of aromatic nitrogens is 3. The van der Waals surface area contributed by atoms with Crippen LogP contribution in [0.5, 0.6) is 0 Å². The van der Waals surface area contributed by atoms with Gasteiger partial charge in [0.1, 0.15) is 0 Å². The van der Waals surface area contributed by atoms with Crippen molar-refractivity contribution >= 4 is 5.91 Å². The lowest BCUT2D eigenvalue weighted by Gasteiger charge is -2.14. The van der Waals surface area contributed by atoms with Crippen LogP contribution in [0.15, 0.2) is 53.6 Å². The second-order valence-electron chi connectivity index (χ2n) is 7.39. The molecule has 0 bridgehead atoms. The second-order valence-corrected chi connectivity index (χ2v) is 7.39. The summed E-state index contributed by atoms with van der Waals surface area (Å²) >= 11 is 0. The fourth-order valence-electron chi connectivity index (χ4n) is 3.74. The lowest BCUT2D eigenvalue weighted by atomic mass is 9.98. The molecule has 144 valence electrons. The molecule has 1 aliphatic carbocycles. The van der Waals surface area contributed by atoms with Crippen LogP contribution in [-0.4, -0.2) is 20.7 Å². The molecule has 0 radical (unpaired) electrons. The number of fused-ring (bicyclic) bond motifs is 1. The Kier molecular flexibility index (Phi) is 5.10. The van der Waals surface area contributed by atoms with Gasteiger partial charge in [-0.15, -0.1) is 0 Å². The highest BCUT2D eigenvalue weighted by Gasteiger charge is 2.26. The minimum Gasteiger partial charge on any atom is -0.352 e. The molecule has 1 aliphatic rings. The van der Waals surface area contributed by atoms with Gasteiger partial charge in [0, 0.05) is 36.1 Å². The van der Waals surface area contributed by atoms with Gasteiger partial charge >= 0.3 is 0 Å². The third-order valence-electron chi connectivity index (χ3n) is 5.44. The molecule has 2 heterocycles. The van der Waals surface area contributed by atoms with Crippen LogP contribution in [0, 0.1) is 12.8 Å². The fraction of sp³-hybridized carbons (Fsp3) is 0.318. The summed E-state index contributed by atoms with van der Waals surface area (Å²) in [5.41, 5.74) is 4.79. The molecule has 0 saturated heterocycles. The van der Waals surface area contributed by atoms with E-state index in [2.05, 4.69) is 15.4 Å². The van der Waals surface area contributed by atoms with Gasteiger partial charge in [-0.05, 0) is 62.4 Å². The molecular formula is C22H24N4O2. The van der Waals surface area contributed by atoms with Gasteiger partial charge in [0.25, 0.3) is 5.56 Å². The number of hydrogen-bond acceptors (Lipinski definition) is 3. The van der Waals surface area contributed by atoms with Crippen LogP contribution in [-0.2, 0) is 24.2 Å². The Morgan fingerprint density at radius 1 is 1.14 bits per heavy atom. The summed E-state index contributed by atoms with van der Waals surface area (Å²) in [6, 6.07) is 11.7. The number of hydrogen-bond donors (Lipinski definition) is 2. The molecule has 2 aromatic heterocycles. The Hall–Kier alpha value is -3.15.